The number of benzene rings is 7. The van der Waals surface area contributed by atoms with Gasteiger partial charge >= 0.3 is 0 Å². The summed E-state index contributed by atoms with van der Waals surface area (Å²) in [7, 11) is -7.50. The molecule has 0 spiro atoms. The third-order valence-corrected chi connectivity index (χ3v) is 21.6. The molecule has 0 saturated carbocycles. The van der Waals surface area contributed by atoms with Crippen LogP contribution in [0.4, 0.5) is 65.8 Å². The average Bonchev–Trinajstić information content (AvgIpc) is 3.62. The maximum Gasteiger partial charge on any atom is 0.251 e. The predicted molar refractivity (Wildman–Crippen MR) is 274 cm³/mol. The maximum absolute atomic E-state index is 20.5. The van der Waals surface area contributed by atoms with Crippen LogP contribution in [0.2, 0.25) is 0 Å². The average molecular weight is 1100 g/mol. The van der Waals surface area contributed by atoms with Crippen LogP contribution >= 0.6 is 15.2 Å². The highest BCUT2D eigenvalue weighted by Crippen LogP contribution is 2.72. The Labute approximate surface area is 431 Å². The molecule has 0 fully saturated rings. The number of fused-ring (bicyclic) bond motifs is 1. The minimum Gasteiger partial charge on any atom is -0.498 e. The first-order chi connectivity index (χ1) is 35.4. The van der Waals surface area contributed by atoms with Gasteiger partial charge in [-0.25, -0.2) is 57.1 Å². The summed E-state index contributed by atoms with van der Waals surface area (Å²) in [5.74, 6) is -38.5. The van der Waals surface area contributed by atoms with Gasteiger partial charge in [-0.3, -0.25) is 0 Å². The number of allylic oxidation sites excluding steroid dienone is 1. The smallest absolute Gasteiger partial charge is 0.251 e. The van der Waals surface area contributed by atoms with E-state index in [9.17, 15) is 0 Å². The largest absolute Gasteiger partial charge is 0.498 e. The third kappa shape index (κ3) is 8.12. The van der Waals surface area contributed by atoms with Crippen molar-refractivity contribution in [2.45, 2.75) is 83.1 Å². The molecule has 0 bridgehead atoms. The van der Waals surface area contributed by atoms with E-state index in [1.807, 2.05) is 0 Å². The number of rotatable bonds is 7. The van der Waals surface area contributed by atoms with Crippen LogP contribution in [0.15, 0.2) is 53.8 Å². The Morgan fingerprint density at radius 3 is 0.921 bits per heavy atom. The lowest BCUT2D eigenvalue weighted by Crippen LogP contribution is -2.62. The minimum atomic E-state index is -6.82. The SMILES string of the molecule is Cc1cc(C)c(P(C#CC2=C([B-](F)(c3c(F)c(F)c(F)c(F)c3F)c3c(F)c(F)c(F)c(F)c3F)c3c(F)c(F)c(F)c(F)c3[P+]2(c2c(C)cc(C)cc2C)c2c(C)cc(C)cc2C)c2c(C)cc(C)cc2C)c(C)c1. The van der Waals surface area contributed by atoms with Gasteiger partial charge < -0.3 is 4.32 Å². The van der Waals surface area contributed by atoms with Crippen LogP contribution < -0.4 is 37.4 Å². The topological polar surface area (TPSA) is 0 Å². The van der Waals surface area contributed by atoms with Gasteiger partial charge in [0.1, 0.15) is 39.2 Å². The number of halogens is 15. The number of aryl methyl sites for hydroxylation is 12. The third-order valence-electron chi connectivity index (χ3n) is 14.1. The lowest BCUT2D eigenvalue weighted by atomic mass is 9.29. The van der Waals surface area contributed by atoms with Gasteiger partial charge in [0.05, 0.1) is 0 Å². The summed E-state index contributed by atoms with van der Waals surface area (Å²) in [4.78, 5) is 0. The molecule has 7 aromatic carbocycles. The van der Waals surface area contributed by atoms with Crippen LogP contribution in [-0.4, -0.2) is 6.42 Å². The highest BCUT2D eigenvalue weighted by molar-refractivity contribution is 8.00. The summed E-state index contributed by atoms with van der Waals surface area (Å²) in [6, 6.07) is 13.1. The van der Waals surface area contributed by atoms with E-state index >= 15 is 65.8 Å². The predicted octanol–water partition coefficient (Wildman–Crippen LogP) is 13.7. The first kappa shape index (κ1) is 55.9. The fourth-order valence-electron chi connectivity index (χ4n) is 11.9. The molecule has 0 nitrogen and oxygen atoms in total. The van der Waals surface area contributed by atoms with Gasteiger partial charge in [-0.2, -0.15) is 4.39 Å². The molecule has 18 heteroatoms. The Kier molecular flexibility index (Phi) is 14.4. The Balaban J connectivity index is 1.85. The normalized spacial score (nSPS) is 13.3. The summed E-state index contributed by atoms with van der Waals surface area (Å²) < 4.78 is 251. The molecule has 76 heavy (non-hydrogen) atoms. The van der Waals surface area contributed by atoms with Gasteiger partial charge in [0.15, 0.2) is 59.1 Å². The summed E-state index contributed by atoms with van der Waals surface area (Å²) >= 11 is 0. The van der Waals surface area contributed by atoms with Gasteiger partial charge in [0.25, 0.3) is 6.42 Å². The number of hydrogen-bond donors (Lipinski definition) is 0. The zero-order valence-corrected chi connectivity index (χ0v) is 44.5. The van der Waals surface area contributed by atoms with Gasteiger partial charge in [-0.15, -0.1) is 5.47 Å². The highest BCUT2D eigenvalue weighted by Gasteiger charge is 2.65. The molecule has 0 saturated heterocycles. The van der Waals surface area contributed by atoms with Crippen molar-refractivity contribution in [3.8, 4) is 11.6 Å². The Morgan fingerprint density at radius 1 is 0.342 bits per heavy atom. The second kappa shape index (κ2) is 19.6. The molecular weight excluding hydrogens is 1050 g/mol. The molecule has 0 amide bonds. The zero-order valence-electron chi connectivity index (χ0n) is 42.8. The van der Waals surface area contributed by atoms with Crippen molar-refractivity contribution in [2.24, 2.45) is 0 Å². The highest BCUT2D eigenvalue weighted by atomic mass is 31.2. The minimum absolute atomic E-state index is 0.100. The van der Waals surface area contributed by atoms with Crippen molar-refractivity contribution < 1.29 is 65.8 Å². The van der Waals surface area contributed by atoms with Crippen LogP contribution in [0.25, 0.3) is 5.47 Å². The van der Waals surface area contributed by atoms with Gasteiger partial charge in [0, 0.05) is 13.5 Å². The summed E-state index contributed by atoms with van der Waals surface area (Å²) in [5.41, 5.74) is -1.38. The molecule has 7 aromatic rings. The molecule has 1 aliphatic heterocycles. The molecule has 1 heterocycles. The van der Waals surface area contributed by atoms with Crippen LogP contribution in [0.1, 0.15) is 72.3 Å². The van der Waals surface area contributed by atoms with E-state index < -0.39 is 136 Å². The monoisotopic (exact) mass is 1100 g/mol. The Bertz CT molecular complexity index is 3500. The molecule has 0 aromatic heterocycles. The molecule has 0 atom stereocenters. The first-order valence-corrected chi connectivity index (χ1v) is 26.5. The van der Waals surface area contributed by atoms with Crippen LogP contribution in [0.3, 0.4) is 0 Å². The lowest BCUT2D eigenvalue weighted by Gasteiger charge is -2.38. The van der Waals surface area contributed by atoms with Crippen molar-refractivity contribution in [3.63, 3.8) is 0 Å². The quantitative estimate of drug-likeness (QED) is 0.0373. The van der Waals surface area contributed by atoms with E-state index in [2.05, 4.69) is 11.6 Å². The zero-order chi connectivity index (χ0) is 56.4. The fraction of sp³-hybridized carbons (Fsp3) is 0.207. The second-order valence-corrected chi connectivity index (χ2v) is 24.6. The Hall–Kier alpha value is -6.29. The van der Waals surface area contributed by atoms with Crippen LogP contribution in [0.5, 0.6) is 0 Å². The molecule has 0 radical (unpaired) electrons. The van der Waals surface area contributed by atoms with E-state index in [0.717, 1.165) is 11.1 Å². The van der Waals surface area contributed by atoms with E-state index in [0.29, 0.717) is 44.0 Å². The molecule has 0 aliphatic carbocycles. The second-order valence-electron chi connectivity index (χ2n) is 19.7. The summed E-state index contributed by atoms with van der Waals surface area (Å²) in [5, 5.41) is -1.84. The van der Waals surface area contributed by atoms with E-state index in [-0.39, 0.29) is 32.9 Å². The Morgan fingerprint density at radius 2 is 0.605 bits per heavy atom. The van der Waals surface area contributed by atoms with E-state index in [1.165, 1.54) is 52.0 Å². The van der Waals surface area contributed by atoms with Crippen LogP contribution in [0, 0.1) is 176 Å². The first-order valence-electron chi connectivity index (χ1n) is 23.4. The van der Waals surface area contributed by atoms with Crippen LogP contribution in [-0.2, 0) is 0 Å². The molecule has 1 aliphatic rings. The molecule has 8 rings (SSSR count). The van der Waals surface area contributed by atoms with Gasteiger partial charge in [-0.1, -0.05) is 87.4 Å². The fourth-order valence-corrected chi connectivity index (χ4v) is 19.8. The number of hydrogen-bond acceptors (Lipinski definition) is 0. The standard InChI is InChI=1S/C58H44BF15P2/c1-23-15-27(5)54(28(6)16-23)75(55-29(7)17-24(2)18-30(55)8)14-13-35-37(59(74,38-41(61)46(66)50(70)47(67)42(38)62)39-43(63)48(68)51(71)49(69)44(39)64)36-40(60)45(65)52(72)53(73)58(36)76(35,56-31(9)19-25(3)20-32(56)10)57-33(11)21-26(4)22-34(57)12/h15-22H,1-12H3. The van der Waals surface area contributed by atoms with Crippen molar-refractivity contribution in [3.05, 3.63) is 208 Å². The van der Waals surface area contributed by atoms with Gasteiger partial charge in [0.2, 0.25) is 11.6 Å². The van der Waals surface area contributed by atoms with Crippen molar-refractivity contribution in [1.29, 1.82) is 0 Å². The lowest BCUT2D eigenvalue weighted by molar-refractivity contribution is 0.380. The van der Waals surface area contributed by atoms with E-state index in [1.54, 1.807) is 79.7 Å². The summed E-state index contributed by atoms with van der Waals surface area (Å²) in [6.45, 7) is 19.5. The molecular formula is C58H44BF15P2. The molecule has 0 N–H and O–H groups in total. The van der Waals surface area contributed by atoms with E-state index in [4.69, 9.17) is 0 Å². The van der Waals surface area contributed by atoms with Crippen molar-refractivity contribution >= 4 is 64.5 Å². The maximum atomic E-state index is 20.5. The molecule has 394 valence electrons. The van der Waals surface area contributed by atoms with Crippen molar-refractivity contribution in [2.75, 3.05) is 0 Å². The van der Waals surface area contributed by atoms with Gasteiger partial charge in [-0.05, 0) is 144 Å². The molecule has 0 unspecified atom stereocenters. The summed E-state index contributed by atoms with van der Waals surface area (Å²) in [6.07, 6.45) is -6.82. The van der Waals surface area contributed by atoms with Crippen molar-refractivity contribution in [1.82, 2.24) is 0 Å².